The molecular formula is C19H12ClNO3S2. The summed E-state index contributed by atoms with van der Waals surface area (Å²) in [6.45, 7) is 0. The van der Waals surface area contributed by atoms with Gasteiger partial charge in [0.1, 0.15) is 0 Å². The second-order valence-electron chi connectivity index (χ2n) is 5.64. The van der Waals surface area contributed by atoms with Gasteiger partial charge in [0.2, 0.25) is 9.84 Å². The van der Waals surface area contributed by atoms with Crippen LogP contribution in [0.2, 0.25) is 5.02 Å². The molecule has 0 aliphatic rings. The minimum absolute atomic E-state index is 0.127. The minimum Gasteiger partial charge on any atom is -0.267 e. The molecule has 0 fully saturated rings. The molecule has 0 bridgehead atoms. The van der Waals surface area contributed by atoms with Gasteiger partial charge in [0.25, 0.3) is 5.56 Å². The van der Waals surface area contributed by atoms with Gasteiger partial charge in [0, 0.05) is 5.02 Å². The highest BCUT2D eigenvalue weighted by Gasteiger charge is 2.19. The van der Waals surface area contributed by atoms with Gasteiger partial charge in [-0.15, -0.1) is 0 Å². The fourth-order valence-corrected chi connectivity index (χ4v) is 5.09. The van der Waals surface area contributed by atoms with Crippen LogP contribution in [-0.4, -0.2) is 12.4 Å². The summed E-state index contributed by atoms with van der Waals surface area (Å²) < 4.78 is 28.1. The van der Waals surface area contributed by atoms with Gasteiger partial charge >= 0.3 is 0 Å². The van der Waals surface area contributed by atoms with E-state index in [-0.39, 0.29) is 15.4 Å². The Morgan fingerprint density at radius 1 is 0.846 bits per heavy atom. The number of sulfone groups is 1. The lowest BCUT2D eigenvalue weighted by Crippen LogP contribution is -2.11. The zero-order valence-electron chi connectivity index (χ0n) is 13.3. The lowest BCUT2D eigenvalue weighted by Gasteiger charge is -2.07. The summed E-state index contributed by atoms with van der Waals surface area (Å²) in [4.78, 5) is 12.9. The molecule has 4 nitrogen and oxygen atoms in total. The molecule has 4 rings (SSSR count). The molecule has 0 atom stereocenters. The van der Waals surface area contributed by atoms with E-state index in [1.54, 1.807) is 18.2 Å². The van der Waals surface area contributed by atoms with Crippen LogP contribution < -0.4 is 5.56 Å². The van der Waals surface area contributed by atoms with Gasteiger partial charge < -0.3 is 0 Å². The Kier molecular flexibility index (Phi) is 4.19. The van der Waals surface area contributed by atoms with Crippen molar-refractivity contribution < 1.29 is 8.42 Å². The van der Waals surface area contributed by atoms with Crippen LogP contribution in [-0.2, 0) is 9.84 Å². The van der Waals surface area contributed by atoms with E-state index in [0.29, 0.717) is 16.1 Å². The molecule has 3 aromatic carbocycles. The third-order valence-corrected chi connectivity index (χ3v) is 7.11. The van der Waals surface area contributed by atoms with Gasteiger partial charge in [0.05, 0.1) is 25.6 Å². The standard InChI is InChI=1S/C19H12ClNO3S2/c20-13-8-10-15(11-9-13)26(23,24)16-5-3-4-14(12-16)21-19(22)17-6-1-2-7-18(17)25-21/h1-12H. The number of hydrogen-bond donors (Lipinski definition) is 0. The normalized spacial score (nSPS) is 11.7. The van der Waals surface area contributed by atoms with Crippen molar-refractivity contribution in [2.24, 2.45) is 0 Å². The first-order valence-electron chi connectivity index (χ1n) is 7.69. The summed E-state index contributed by atoms with van der Waals surface area (Å²) >= 11 is 7.12. The second-order valence-corrected chi connectivity index (χ2v) is 9.02. The van der Waals surface area contributed by atoms with Gasteiger partial charge in [0.15, 0.2) is 0 Å². The third kappa shape index (κ3) is 2.86. The lowest BCUT2D eigenvalue weighted by molar-refractivity contribution is 0.596. The Morgan fingerprint density at radius 3 is 2.31 bits per heavy atom. The fraction of sp³-hybridized carbons (Fsp3) is 0. The monoisotopic (exact) mass is 401 g/mol. The first kappa shape index (κ1) is 17.0. The average Bonchev–Trinajstić information content (AvgIpc) is 2.99. The number of benzene rings is 3. The number of nitrogens with zero attached hydrogens (tertiary/aromatic N) is 1. The van der Waals surface area contributed by atoms with Crippen LogP contribution >= 0.6 is 23.1 Å². The van der Waals surface area contributed by atoms with Gasteiger partial charge in [-0.1, -0.05) is 41.3 Å². The number of hydrogen-bond acceptors (Lipinski definition) is 4. The Labute approximate surface area is 159 Å². The van der Waals surface area contributed by atoms with Crippen LogP contribution in [0, 0.1) is 0 Å². The van der Waals surface area contributed by atoms with E-state index in [1.807, 2.05) is 18.2 Å². The van der Waals surface area contributed by atoms with Crippen LogP contribution in [0.5, 0.6) is 0 Å². The zero-order chi connectivity index (χ0) is 18.3. The maximum absolute atomic E-state index is 12.9. The summed E-state index contributed by atoms with van der Waals surface area (Å²) in [5.74, 6) is 0. The number of halogens is 1. The SMILES string of the molecule is O=c1c2ccccc2sn1-c1cccc(S(=O)(=O)c2ccc(Cl)cc2)c1. The van der Waals surface area contributed by atoms with E-state index in [4.69, 9.17) is 11.6 Å². The molecule has 4 aromatic rings. The Balaban J connectivity index is 1.85. The van der Waals surface area contributed by atoms with E-state index in [0.717, 1.165) is 4.70 Å². The van der Waals surface area contributed by atoms with Crippen molar-refractivity contribution in [3.8, 4) is 5.69 Å². The van der Waals surface area contributed by atoms with Crippen LogP contribution in [0.1, 0.15) is 0 Å². The van der Waals surface area contributed by atoms with Gasteiger partial charge in [-0.05, 0) is 54.6 Å². The molecule has 0 aliphatic heterocycles. The number of fused-ring (bicyclic) bond motifs is 1. The molecule has 0 unspecified atom stereocenters. The summed E-state index contributed by atoms with van der Waals surface area (Å²) in [6, 6.07) is 19.7. The van der Waals surface area contributed by atoms with Crippen LogP contribution in [0.15, 0.2) is 87.4 Å². The van der Waals surface area contributed by atoms with E-state index in [1.165, 1.54) is 51.9 Å². The molecule has 1 heterocycles. The summed E-state index contributed by atoms with van der Waals surface area (Å²) in [5.41, 5.74) is 0.359. The van der Waals surface area contributed by atoms with Crippen molar-refractivity contribution in [3.05, 3.63) is 88.2 Å². The number of rotatable bonds is 3. The van der Waals surface area contributed by atoms with Crippen LogP contribution in [0.4, 0.5) is 0 Å². The molecule has 0 saturated carbocycles. The van der Waals surface area contributed by atoms with Crippen molar-refractivity contribution in [2.45, 2.75) is 9.79 Å². The lowest BCUT2D eigenvalue weighted by atomic mass is 10.3. The Bertz CT molecular complexity index is 1270. The summed E-state index contributed by atoms with van der Waals surface area (Å²) in [6.07, 6.45) is 0. The maximum Gasteiger partial charge on any atom is 0.273 e. The van der Waals surface area contributed by atoms with Gasteiger partial charge in [-0.3, -0.25) is 4.79 Å². The first-order valence-corrected chi connectivity index (χ1v) is 10.3. The average molecular weight is 402 g/mol. The number of aromatic nitrogens is 1. The first-order chi connectivity index (χ1) is 12.5. The highest BCUT2D eigenvalue weighted by atomic mass is 35.5. The van der Waals surface area contributed by atoms with Crippen molar-refractivity contribution in [3.63, 3.8) is 0 Å². The van der Waals surface area contributed by atoms with Crippen LogP contribution in [0.3, 0.4) is 0 Å². The Morgan fingerprint density at radius 2 is 1.58 bits per heavy atom. The minimum atomic E-state index is -3.70. The molecule has 7 heteroatoms. The second kappa shape index (κ2) is 6.39. The molecule has 26 heavy (non-hydrogen) atoms. The maximum atomic E-state index is 12.9. The van der Waals surface area contributed by atoms with E-state index < -0.39 is 9.84 Å². The molecule has 0 saturated heterocycles. The smallest absolute Gasteiger partial charge is 0.267 e. The van der Waals surface area contributed by atoms with Crippen LogP contribution in [0.25, 0.3) is 15.8 Å². The summed E-state index contributed by atoms with van der Waals surface area (Å²) in [7, 11) is -3.70. The van der Waals surface area contributed by atoms with E-state index in [9.17, 15) is 13.2 Å². The highest BCUT2D eigenvalue weighted by Crippen LogP contribution is 2.26. The molecule has 0 amide bonds. The van der Waals surface area contributed by atoms with E-state index >= 15 is 0 Å². The molecule has 0 aliphatic carbocycles. The predicted molar refractivity (Wildman–Crippen MR) is 104 cm³/mol. The molecule has 130 valence electrons. The van der Waals surface area contributed by atoms with Crippen molar-refractivity contribution in [1.29, 1.82) is 0 Å². The van der Waals surface area contributed by atoms with Crippen molar-refractivity contribution >= 4 is 43.1 Å². The van der Waals surface area contributed by atoms with Gasteiger partial charge in [-0.25, -0.2) is 12.4 Å². The van der Waals surface area contributed by atoms with Crippen molar-refractivity contribution in [2.75, 3.05) is 0 Å². The molecule has 0 radical (unpaired) electrons. The van der Waals surface area contributed by atoms with E-state index in [2.05, 4.69) is 0 Å². The molecular weight excluding hydrogens is 390 g/mol. The summed E-state index contributed by atoms with van der Waals surface area (Å²) in [5, 5.41) is 1.08. The third-order valence-electron chi connectivity index (χ3n) is 3.98. The highest BCUT2D eigenvalue weighted by molar-refractivity contribution is 7.91. The van der Waals surface area contributed by atoms with Crippen molar-refractivity contribution in [1.82, 2.24) is 3.96 Å². The molecule has 0 spiro atoms. The largest absolute Gasteiger partial charge is 0.273 e. The quantitative estimate of drug-likeness (QED) is 0.506. The predicted octanol–water partition coefficient (Wildman–Crippen LogP) is 4.54. The zero-order valence-corrected chi connectivity index (χ0v) is 15.7. The fourth-order valence-electron chi connectivity index (χ4n) is 2.67. The Hall–Kier alpha value is -2.41. The van der Waals surface area contributed by atoms with Gasteiger partial charge in [-0.2, -0.15) is 0 Å². The molecule has 0 N–H and O–H groups in total. The topological polar surface area (TPSA) is 56.1 Å². The molecule has 1 aromatic heterocycles.